The van der Waals surface area contributed by atoms with E-state index in [0.29, 0.717) is 18.8 Å². The lowest BCUT2D eigenvalue weighted by Gasteiger charge is -2.21. The third-order valence-electron chi connectivity index (χ3n) is 2.19. The minimum absolute atomic E-state index is 0.0440. The molecule has 1 aromatic rings. The fourth-order valence-electron chi connectivity index (χ4n) is 0.965. The van der Waals surface area contributed by atoms with Gasteiger partial charge < -0.3 is 11.1 Å². The molecule has 0 aliphatic heterocycles. The number of nitrogens with one attached hydrogen (secondary N) is 1. The van der Waals surface area contributed by atoms with Gasteiger partial charge in [-0.2, -0.15) is 11.8 Å². The molecule has 1 heterocycles. The Bertz CT molecular complexity index is 363. The summed E-state index contributed by atoms with van der Waals surface area (Å²) in [5.74, 6) is -0.127. The highest BCUT2D eigenvalue weighted by Crippen LogP contribution is 2.19. The van der Waals surface area contributed by atoms with Gasteiger partial charge in [0.25, 0.3) is 5.91 Å². The average molecular weight is 259 g/mol. The van der Waals surface area contributed by atoms with Crippen LogP contribution in [0, 0.1) is 0 Å². The van der Waals surface area contributed by atoms with Gasteiger partial charge in [-0.1, -0.05) is 0 Å². The molecule has 0 saturated carbocycles. The van der Waals surface area contributed by atoms with E-state index in [4.69, 9.17) is 5.73 Å². The number of hydrogen-bond donors (Lipinski definition) is 2. The zero-order valence-corrected chi connectivity index (χ0v) is 11.4. The Morgan fingerprint density at radius 2 is 2.38 bits per heavy atom. The molecule has 1 rings (SSSR count). The van der Waals surface area contributed by atoms with Crippen molar-refractivity contribution in [1.82, 2.24) is 10.3 Å². The van der Waals surface area contributed by atoms with Crippen LogP contribution in [0.15, 0.2) is 5.38 Å². The number of nitrogens with zero attached hydrogens (tertiary/aromatic N) is 1. The summed E-state index contributed by atoms with van der Waals surface area (Å²) in [5.41, 5.74) is 5.90. The van der Waals surface area contributed by atoms with Crippen LogP contribution >= 0.6 is 23.1 Å². The Morgan fingerprint density at radius 1 is 1.69 bits per heavy atom. The lowest BCUT2D eigenvalue weighted by atomic mass is 10.2. The number of amides is 1. The van der Waals surface area contributed by atoms with Gasteiger partial charge in [0, 0.05) is 23.2 Å². The predicted octanol–water partition coefficient (Wildman–Crippen LogP) is 1.47. The summed E-state index contributed by atoms with van der Waals surface area (Å²) in [6, 6.07) is 0. The minimum Gasteiger partial charge on any atom is -0.349 e. The van der Waals surface area contributed by atoms with Crippen molar-refractivity contribution < 1.29 is 4.79 Å². The monoisotopic (exact) mass is 259 g/mol. The summed E-state index contributed by atoms with van der Waals surface area (Å²) in [6.07, 6.45) is 2.03. The van der Waals surface area contributed by atoms with E-state index in [1.54, 1.807) is 17.1 Å². The highest BCUT2D eigenvalue weighted by molar-refractivity contribution is 7.99. The predicted molar refractivity (Wildman–Crippen MR) is 69.9 cm³/mol. The molecule has 16 heavy (non-hydrogen) atoms. The van der Waals surface area contributed by atoms with E-state index in [0.717, 1.165) is 5.01 Å². The number of carbonyl (C=O) groups excluding carboxylic acids is 1. The average Bonchev–Trinajstić information content (AvgIpc) is 2.74. The first-order valence-corrected chi connectivity index (χ1v) is 7.07. The third kappa shape index (κ3) is 3.77. The molecule has 0 unspecified atom stereocenters. The molecule has 0 saturated heterocycles. The molecule has 0 aliphatic rings. The Labute approximate surface area is 104 Å². The second-order valence-corrected chi connectivity index (χ2v) is 6.43. The van der Waals surface area contributed by atoms with Crippen molar-refractivity contribution in [3.8, 4) is 0 Å². The normalized spacial score (nSPS) is 11.5. The van der Waals surface area contributed by atoms with Gasteiger partial charge in [-0.15, -0.1) is 11.3 Å². The van der Waals surface area contributed by atoms with Crippen LogP contribution < -0.4 is 11.1 Å². The number of nitrogens with two attached hydrogens (primary N) is 1. The molecule has 6 heteroatoms. The second-order valence-electron chi connectivity index (χ2n) is 3.98. The highest BCUT2D eigenvalue weighted by atomic mass is 32.2. The molecular weight excluding hydrogens is 242 g/mol. The molecule has 0 aliphatic carbocycles. The van der Waals surface area contributed by atoms with E-state index in [-0.39, 0.29) is 10.7 Å². The van der Waals surface area contributed by atoms with Gasteiger partial charge in [-0.05, 0) is 20.1 Å². The molecule has 3 N–H and O–H groups in total. The fourth-order valence-corrected chi connectivity index (χ4v) is 1.84. The number of aromatic nitrogens is 1. The maximum absolute atomic E-state index is 11.7. The van der Waals surface area contributed by atoms with Crippen LogP contribution in [0.25, 0.3) is 0 Å². The first-order valence-electron chi connectivity index (χ1n) is 4.96. The minimum atomic E-state index is -0.127. The molecular formula is C10H17N3OS2. The maximum atomic E-state index is 11.7. The molecule has 0 spiro atoms. The van der Waals surface area contributed by atoms with Crippen LogP contribution in [-0.4, -0.2) is 28.4 Å². The van der Waals surface area contributed by atoms with Gasteiger partial charge >= 0.3 is 0 Å². The van der Waals surface area contributed by atoms with Gasteiger partial charge in [0.15, 0.2) is 0 Å². The SMILES string of the molecule is CSC(C)(C)CNC(=O)c1csc(CN)n1. The van der Waals surface area contributed by atoms with E-state index in [9.17, 15) is 4.79 Å². The molecule has 0 aromatic carbocycles. The van der Waals surface area contributed by atoms with E-state index < -0.39 is 0 Å². The zero-order chi connectivity index (χ0) is 12.2. The molecule has 1 aromatic heterocycles. The molecule has 4 nitrogen and oxygen atoms in total. The summed E-state index contributed by atoms with van der Waals surface area (Å²) >= 11 is 3.14. The standard InChI is InChI=1S/C10H17N3OS2/c1-10(2,15-3)6-12-9(14)7-5-16-8(4-11)13-7/h5H,4,6,11H2,1-3H3,(H,12,14). The van der Waals surface area contributed by atoms with Crippen molar-refractivity contribution in [2.75, 3.05) is 12.8 Å². The number of thioether (sulfide) groups is 1. The van der Waals surface area contributed by atoms with Crippen molar-refractivity contribution >= 4 is 29.0 Å². The summed E-state index contributed by atoms with van der Waals surface area (Å²) in [4.78, 5) is 15.8. The lowest BCUT2D eigenvalue weighted by molar-refractivity contribution is 0.0946. The maximum Gasteiger partial charge on any atom is 0.270 e. The second kappa shape index (κ2) is 5.65. The third-order valence-corrected chi connectivity index (χ3v) is 4.31. The number of rotatable bonds is 5. The topological polar surface area (TPSA) is 68.0 Å². The van der Waals surface area contributed by atoms with Crippen molar-refractivity contribution in [3.05, 3.63) is 16.1 Å². The van der Waals surface area contributed by atoms with E-state index in [1.807, 2.05) is 6.26 Å². The van der Waals surface area contributed by atoms with Gasteiger partial charge in [-0.25, -0.2) is 4.98 Å². The fraction of sp³-hybridized carbons (Fsp3) is 0.600. The summed E-state index contributed by atoms with van der Waals surface area (Å²) < 4.78 is 0.0440. The Morgan fingerprint density at radius 3 is 2.88 bits per heavy atom. The van der Waals surface area contributed by atoms with Crippen LogP contribution in [0.1, 0.15) is 29.3 Å². The van der Waals surface area contributed by atoms with Gasteiger partial charge in [0.2, 0.25) is 0 Å². The number of thiazole rings is 1. The smallest absolute Gasteiger partial charge is 0.270 e. The van der Waals surface area contributed by atoms with Crippen LogP contribution in [0.5, 0.6) is 0 Å². The highest BCUT2D eigenvalue weighted by Gasteiger charge is 2.18. The van der Waals surface area contributed by atoms with Crippen molar-refractivity contribution in [1.29, 1.82) is 0 Å². The van der Waals surface area contributed by atoms with Crippen molar-refractivity contribution in [3.63, 3.8) is 0 Å². The lowest BCUT2D eigenvalue weighted by Crippen LogP contribution is -2.36. The molecule has 0 fully saturated rings. The molecule has 0 atom stereocenters. The quantitative estimate of drug-likeness (QED) is 0.840. The Kier molecular flexibility index (Phi) is 4.76. The molecule has 90 valence electrons. The van der Waals surface area contributed by atoms with E-state index >= 15 is 0 Å². The van der Waals surface area contributed by atoms with Gasteiger partial charge in [0.1, 0.15) is 10.7 Å². The Hall–Kier alpha value is -0.590. The first kappa shape index (κ1) is 13.5. The van der Waals surface area contributed by atoms with Gasteiger partial charge in [0.05, 0.1) is 0 Å². The van der Waals surface area contributed by atoms with E-state index in [2.05, 4.69) is 24.1 Å². The van der Waals surface area contributed by atoms with Crippen LogP contribution in [0.4, 0.5) is 0 Å². The number of hydrogen-bond acceptors (Lipinski definition) is 5. The van der Waals surface area contributed by atoms with Crippen molar-refractivity contribution in [2.24, 2.45) is 5.73 Å². The Balaban J connectivity index is 2.53. The number of carbonyl (C=O) groups is 1. The van der Waals surface area contributed by atoms with E-state index in [1.165, 1.54) is 11.3 Å². The van der Waals surface area contributed by atoms with Crippen LogP contribution in [0.2, 0.25) is 0 Å². The summed E-state index contributed by atoms with van der Waals surface area (Å²) in [7, 11) is 0. The zero-order valence-electron chi connectivity index (χ0n) is 9.74. The molecule has 0 radical (unpaired) electrons. The van der Waals surface area contributed by atoms with Crippen LogP contribution in [-0.2, 0) is 6.54 Å². The molecule has 1 amide bonds. The van der Waals surface area contributed by atoms with Crippen molar-refractivity contribution in [2.45, 2.75) is 25.1 Å². The van der Waals surface area contributed by atoms with Gasteiger partial charge in [-0.3, -0.25) is 4.79 Å². The first-order chi connectivity index (χ1) is 7.48. The van der Waals surface area contributed by atoms with Crippen LogP contribution in [0.3, 0.4) is 0 Å². The summed E-state index contributed by atoms with van der Waals surface area (Å²) in [5, 5.41) is 5.40. The molecule has 0 bridgehead atoms. The summed E-state index contributed by atoms with van der Waals surface area (Å²) in [6.45, 7) is 5.19. The largest absolute Gasteiger partial charge is 0.349 e.